The molecule has 4 aromatic rings. The van der Waals surface area contributed by atoms with E-state index < -0.39 is 0 Å². The molecule has 0 saturated heterocycles. The van der Waals surface area contributed by atoms with Crippen molar-refractivity contribution in [2.45, 2.75) is 26.3 Å². The lowest BCUT2D eigenvalue weighted by Gasteiger charge is -2.22. The van der Waals surface area contributed by atoms with Crippen LogP contribution in [-0.2, 0) is 11.3 Å². The second-order valence-corrected chi connectivity index (χ2v) is 9.25. The quantitative estimate of drug-likeness (QED) is 0.333. The van der Waals surface area contributed by atoms with Crippen LogP contribution >= 0.6 is 11.3 Å². The summed E-state index contributed by atoms with van der Waals surface area (Å²) < 4.78 is 0. The van der Waals surface area contributed by atoms with Crippen molar-refractivity contribution in [1.29, 1.82) is 0 Å². The van der Waals surface area contributed by atoms with Crippen molar-refractivity contribution < 1.29 is 9.59 Å². The van der Waals surface area contributed by atoms with E-state index in [4.69, 9.17) is 0 Å². The number of nitrogens with zero attached hydrogens (tertiary/aromatic N) is 2. The Kier molecular flexibility index (Phi) is 7.50. The van der Waals surface area contributed by atoms with Gasteiger partial charge in [0, 0.05) is 34.7 Å². The number of amides is 2. The van der Waals surface area contributed by atoms with Gasteiger partial charge in [-0.25, -0.2) is 4.98 Å². The Hall–Kier alpha value is -3.77. The highest BCUT2D eigenvalue weighted by Crippen LogP contribution is 2.27. The average Bonchev–Trinajstić information content (AvgIpc) is 3.36. The van der Waals surface area contributed by atoms with Crippen LogP contribution in [0, 0.1) is 0 Å². The molecule has 1 aromatic heterocycles. The van der Waals surface area contributed by atoms with Crippen LogP contribution < -0.4 is 5.32 Å². The summed E-state index contributed by atoms with van der Waals surface area (Å²) in [5, 5.41) is 6.08. The Labute approximate surface area is 204 Å². The smallest absolute Gasteiger partial charge is 0.254 e. The standard InChI is InChI=1S/C28H27N3O2S/c1-20(2)27-30-25(19-34-27)22-13-15-24(16-14-22)29-26(32)18-31(17-21-9-5-3-6-10-21)28(33)23-11-7-4-8-12-23/h3-16,19-20H,17-18H2,1-2H3,(H,29,32). The van der Waals surface area contributed by atoms with E-state index in [9.17, 15) is 9.59 Å². The van der Waals surface area contributed by atoms with Crippen molar-refractivity contribution in [1.82, 2.24) is 9.88 Å². The molecule has 0 fully saturated rings. The third-order valence-corrected chi connectivity index (χ3v) is 6.48. The van der Waals surface area contributed by atoms with Gasteiger partial charge in [0.25, 0.3) is 5.91 Å². The zero-order chi connectivity index (χ0) is 23.9. The predicted octanol–water partition coefficient (Wildman–Crippen LogP) is 6.21. The van der Waals surface area contributed by atoms with E-state index in [0.29, 0.717) is 23.7 Å². The summed E-state index contributed by atoms with van der Waals surface area (Å²) in [7, 11) is 0. The fourth-order valence-electron chi connectivity index (χ4n) is 3.55. The number of hydrogen-bond donors (Lipinski definition) is 1. The van der Waals surface area contributed by atoms with Crippen molar-refractivity contribution in [3.05, 3.63) is 106 Å². The van der Waals surface area contributed by atoms with Crippen LogP contribution in [0.25, 0.3) is 11.3 Å². The number of carbonyl (C=O) groups is 2. The topological polar surface area (TPSA) is 62.3 Å². The molecule has 0 saturated carbocycles. The predicted molar refractivity (Wildman–Crippen MR) is 138 cm³/mol. The van der Waals surface area contributed by atoms with Crippen LogP contribution in [0.1, 0.15) is 40.7 Å². The number of anilines is 1. The molecule has 0 aliphatic rings. The second-order valence-electron chi connectivity index (χ2n) is 8.36. The zero-order valence-corrected chi connectivity index (χ0v) is 20.1. The summed E-state index contributed by atoms with van der Waals surface area (Å²) in [6, 6.07) is 26.3. The molecule has 4 rings (SSSR count). The SMILES string of the molecule is CC(C)c1nc(-c2ccc(NC(=O)CN(Cc3ccccc3)C(=O)c3ccccc3)cc2)cs1. The van der Waals surface area contributed by atoms with Gasteiger partial charge in [0.1, 0.15) is 6.54 Å². The van der Waals surface area contributed by atoms with Gasteiger partial charge in [-0.15, -0.1) is 11.3 Å². The summed E-state index contributed by atoms with van der Waals surface area (Å²) in [5.74, 6) is -0.0297. The summed E-state index contributed by atoms with van der Waals surface area (Å²) in [5.41, 5.74) is 4.15. The number of nitrogens with one attached hydrogen (secondary N) is 1. The maximum Gasteiger partial charge on any atom is 0.254 e. The fourth-order valence-corrected chi connectivity index (χ4v) is 4.39. The molecule has 0 aliphatic heterocycles. The summed E-state index contributed by atoms with van der Waals surface area (Å²) >= 11 is 1.66. The highest BCUT2D eigenvalue weighted by molar-refractivity contribution is 7.10. The van der Waals surface area contributed by atoms with E-state index in [0.717, 1.165) is 21.8 Å². The Morgan fingerprint density at radius 1 is 0.912 bits per heavy atom. The molecule has 0 bridgehead atoms. The Bertz CT molecular complexity index is 1240. The number of hydrogen-bond acceptors (Lipinski definition) is 4. The highest BCUT2D eigenvalue weighted by Gasteiger charge is 2.19. The first-order valence-corrected chi connectivity index (χ1v) is 12.1. The van der Waals surface area contributed by atoms with Gasteiger partial charge >= 0.3 is 0 Å². The monoisotopic (exact) mass is 469 g/mol. The van der Waals surface area contributed by atoms with Crippen LogP contribution in [0.2, 0.25) is 0 Å². The van der Waals surface area contributed by atoms with Gasteiger partial charge in [-0.1, -0.05) is 74.5 Å². The van der Waals surface area contributed by atoms with Gasteiger partial charge < -0.3 is 10.2 Å². The minimum Gasteiger partial charge on any atom is -0.325 e. The minimum atomic E-state index is -0.247. The van der Waals surface area contributed by atoms with Gasteiger partial charge in [-0.3, -0.25) is 9.59 Å². The molecule has 0 unspecified atom stereocenters. The average molecular weight is 470 g/mol. The van der Waals surface area contributed by atoms with E-state index in [1.807, 2.05) is 72.8 Å². The van der Waals surface area contributed by atoms with E-state index in [1.54, 1.807) is 28.4 Å². The highest BCUT2D eigenvalue weighted by atomic mass is 32.1. The lowest BCUT2D eigenvalue weighted by Crippen LogP contribution is -2.37. The third kappa shape index (κ3) is 5.97. The van der Waals surface area contributed by atoms with Crippen molar-refractivity contribution in [3.63, 3.8) is 0 Å². The normalized spacial score (nSPS) is 10.8. The van der Waals surface area contributed by atoms with Gasteiger partial charge in [0.05, 0.1) is 10.7 Å². The van der Waals surface area contributed by atoms with Crippen LogP contribution in [-0.4, -0.2) is 28.2 Å². The number of thiazole rings is 1. The maximum atomic E-state index is 13.1. The maximum absolute atomic E-state index is 13.1. The first-order chi connectivity index (χ1) is 16.5. The molecule has 5 nitrogen and oxygen atoms in total. The summed E-state index contributed by atoms with van der Waals surface area (Å²) in [4.78, 5) is 32.2. The second kappa shape index (κ2) is 10.9. The first-order valence-electron chi connectivity index (χ1n) is 11.2. The molecule has 0 spiro atoms. The van der Waals surface area contributed by atoms with E-state index >= 15 is 0 Å². The molecule has 6 heteroatoms. The Morgan fingerprint density at radius 2 is 1.56 bits per heavy atom. The molecule has 1 N–H and O–H groups in total. The minimum absolute atomic E-state index is 0.0474. The zero-order valence-electron chi connectivity index (χ0n) is 19.3. The van der Waals surface area contributed by atoms with Gasteiger partial charge in [-0.05, 0) is 29.8 Å². The van der Waals surface area contributed by atoms with Crippen molar-refractivity contribution in [2.75, 3.05) is 11.9 Å². The van der Waals surface area contributed by atoms with Crippen LogP contribution in [0.3, 0.4) is 0 Å². The van der Waals surface area contributed by atoms with E-state index in [1.165, 1.54) is 0 Å². The van der Waals surface area contributed by atoms with Crippen molar-refractivity contribution in [3.8, 4) is 11.3 Å². The molecule has 2 amide bonds. The molecule has 172 valence electrons. The van der Waals surface area contributed by atoms with Crippen LogP contribution in [0.15, 0.2) is 90.3 Å². The van der Waals surface area contributed by atoms with Crippen molar-refractivity contribution >= 4 is 28.8 Å². The number of aromatic nitrogens is 1. The van der Waals surface area contributed by atoms with Crippen molar-refractivity contribution in [2.24, 2.45) is 0 Å². The van der Waals surface area contributed by atoms with Crippen LogP contribution in [0.4, 0.5) is 5.69 Å². The number of rotatable bonds is 8. The lowest BCUT2D eigenvalue weighted by atomic mass is 10.1. The van der Waals surface area contributed by atoms with Gasteiger partial charge in [0.15, 0.2) is 0 Å². The van der Waals surface area contributed by atoms with Gasteiger partial charge in [0.2, 0.25) is 5.91 Å². The summed E-state index contributed by atoms with van der Waals surface area (Å²) in [6.45, 7) is 4.56. The number of carbonyl (C=O) groups excluding carboxylic acids is 2. The van der Waals surface area contributed by atoms with E-state index in [2.05, 4.69) is 29.5 Å². The fraction of sp³-hybridized carbons (Fsp3) is 0.179. The van der Waals surface area contributed by atoms with E-state index in [-0.39, 0.29) is 18.4 Å². The molecular formula is C28H27N3O2S. The molecule has 1 heterocycles. The molecule has 3 aromatic carbocycles. The summed E-state index contributed by atoms with van der Waals surface area (Å²) in [6.07, 6.45) is 0. The van der Waals surface area contributed by atoms with Gasteiger partial charge in [-0.2, -0.15) is 0 Å². The molecule has 0 atom stereocenters. The third-order valence-electron chi connectivity index (χ3n) is 5.34. The largest absolute Gasteiger partial charge is 0.325 e. The Balaban J connectivity index is 1.45. The number of benzene rings is 3. The Morgan fingerprint density at radius 3 is 2.18 bits per heavy atom. The first kappa shape index (κ1) is 23.4. The molecular weight excluding hydrogens is 442 g/mol. The lowest BCUT2D eigenvalue weighted by molar-refractivity contribution is -0.117. The molecule has 34 heavy (non-hydrogen) atoms. The van der Waals surface area contributed by atoms with Crippen LogP contribution in [0.5, 0.6) is 0 Å². The molecule has 0 radical (unpaired) electrons. The molecule has 0 aliphatic carbocycles.